The number of nitrogens with one attached hydrogen (secondary N) is 1. The van der Waals surface area contributed by atoms with Crippen molar-refractivity contribution < 1.29 is 0 Å². The Bertz CT molecular complexity index is 553. The van der Waals surface area contributed by atoms with Crippen molar-refractivity contribution in [3.8, 4) is 0 Å². The van der Waals surface area contributed by atoms with Crippen LogP contribution in [0.5, 0.6) is 0 Å². The Morgan fingerprint density at radius 2 is 2.10 bits per heavy atom. The lowest BCUT2D eigenvalue weighted by Crippen LogP contribution is -2.29. The summed E-state index contributed by atoms with van der Waals surface area (Å²) in [7, 11) is 2.04. The Kier molecular flexibility index (Phi) is 3.97. The number of aromatic nitrogens is 1. The summed E-state index contributed by atoms with van der Waals surface area (Å²) in [6.07, 6.45) is 4.05. The van der Waals surface area contributed by atoms with Gasteiger partial charge in [0.15, 0.2) is 0 Å². The molecule has 1 aromatic carbocycles. The van der Waals surface area contributed by atoms with Gasteiger partial charge in [-0.25, -0.2) is 0 Å². The summed E-state index contributed by atoms with van der Waals surface area (Å²) < 4.78 is 0. The first-order chi connectivity index (χ1) is 9.85. The first-order valence-corrected chi connectivity index (χ1v) is 7.26. The first-order valence-electron chi connectivity index (χ1n) is 7.26. The predicted octanol–water partition coefficient (Wildman–Crippen LogP) is 2.47. The summed E-state index contributed by atoms with van der Waals surface area (Å²) in [5, 5.41) is 3.36. The standard InChI is InChI=1S/C17H21N3/c1-18-15-8-10-20(13-15)17-7-9-19-16(12-17)11-14-5-3-2-4-6-14/h2-7,9,12,15,18H,8,10-11,13H2,1H3/t15-/m0/s1. The smallest absolute Gasteiger partial charge is 0.0468 e. The summed E-state index contributed by atoms with van der Waals surface area (Å²) in [6.45, 7) is 2.21. The van der Waals surface area contributed by atoms with Gasteiger partial charge in [0.05, 0.1) is 0 Å². The van der Waals surface area contributed by atoms with Crippen LogP contribution in [-0.2, 0) is 6.42 Å². The molecule has 1 atom stereocenters. The van der Waals surface area contributed by atoms with Gasteiger partial charge in [-0.05, 0) is 31.2 Å². The minimum atomic E-state index is 0.612. The average Bonchev–Trinajstić information content (AvgIpc) is 2.98. The van der Waals surface area contributed by atoms with Gasteiger partial charge in [0, 0.05) is 43.1 Å². The fraction of sp³-hybridized carbons (Fsp3) is 0.353. The van der Waals surface area contributed by atoms with Gasteiger partial charge in [-0.15, -0.1) is 0 Å². The molecule has 2 aromatic rings. The highest BCUT2D eigenvalue weighted by Gasteiger charge is 2.21. The molecule has 3 heteroatoms. The van der Waals surface area contributed by atoms with Gasteiger partial charge in [0.25, 0.3) is 0 Å². The summed E-state index contributed by atoms with van der Waals surface area (Å²) in [6, 6.07) is 15.5. The Labute approximate surface area is 120 Å². The second kappa shape index (κ2) is 6.06. The largest absolute Gasteiger partial charge is 0.370 e. The highest BCUT2D eigenvalue weighted by molar-refractivity contribution is 5.48. The minimum Gasteiger partial charge on any atom is -0.370 e. The third kappa shape index (κ3) is 2.99. The molecule has 1 fully saturated rings. The quantitative estimate of drug-likeness (QED) is 0.922. The third-order valence-corrected chi connectivity index (χ3v) is 3.99. The van der Waals surface area contributed by atoms with Crippen LogP contribution in [0.25, 0.3) is 0 Å². The van der Waals surface area contributed by atoms with Crippen LogP contribution < -0.4 is 10.2 Å². The average molecular weight is 267 g/mol. The van der Waals surface area contributed by atoms with Gasteiger partial charge in [-0.1, -0.05) is 30.3 Å². The Morgan fingerprint density at radius 1 is 1.25 bits per heavy atom. The molecular weight excluding hydrogens is 246 g/mol. The molecule has 1 N–H and O–H groups in total. The lowest BCUT2D eigenvalue weighted by Gasteiger charge is -2.19. The molecule has 104 valence electrons. The van der Waals surface area contributed by atoms with Crippen molar-refractivity contribution in [2.24, 2.45) is 0 Å². The normalized spacial score (nSPS) is 18.4. The van der Waals surface area contributed by atoms with Gasteiger partial charge < -0.3 is 10.2 Å². The Balaban J connectivity index is 1.73. The number of nitrogens with zero attached hydrogens (tertiary/aromatic N) is 2. The second-order valence-electron chi connectivity index (χ2n) is 5.39. The zero-order chi connectivity index (χ0) is 13.8. The third-order valence-electron chi connectivity index (χ3n) is 3.99. The van der Waals surface area contributed by atoms with E-state index in [1.54, 1.807) is 0 Å². The molecular formula is C17H21N3. The van der Waals surface area contributed by atoms with Crippen LogP contribution in [0.4, 0.5) is 5.69 Å². The van der Waals surface area contributed by atoms with Crippen molar-refractivity contribution in [3.05, 3.63) is 59.9 Å². The van der Waals surface area contributed by atoms with Crippen LogP contribution >= 0.6 is 0 Å². The van der Waals surface area contributed by atoms with Crippen LogP contribution in [0, 0.1) is 0 Å². The van der Waals surface area contributed by atoms with E-state index >= 15 is 0 Å². The van der Waals surface area contributed by atoms with E-state index in [1.807, 2.05) is 13.2 Å². The van der Waals surface area contributed by atoms with E-state index < -0.39 is 0 Å². The van der Waals surface area contributed by atoms with E-state index in [0.29, 0.717) is 6.04 Å². The summed E-state index contributed by atoms with van der Waals surface area (Å²) in [4.78, 5) is 6.94. The molecule has 0 bridgehead atoms. The Hall–Kier alpha value is -1.87. The van der Waals surface area contributed by atoms with Crippen LogP contribution in [0.3, 0.4) is 0 Å². The van der Waals surface area contributed by atoms with Crippen molar-refractivity contribution in [1.29, 1.82) is 0 Å². The molecule has 1 saturated heterocycles. The van der Waals surface area contributed by atoms with Crippen molar-refractivity contribution >= 4 is 5.69 Å². The van der Waals surface area contributed by atoms with Crippen molar-refractivity contribution in [1.82, 2.24) is 10.3 Å². The van der Waals surface area contributed by atoms with Crippen LogP contribution in [0.15, 0.2) is 48.7 Å². The fourth-order valence-corrected chi connectivity index (χ4v) is 2.79. The molecule has 1 aromatic heterocycles. The van der Waals surface area contributed by atoms with Crippen LogP contribution in [0.2, 0.25) is 0 Å². The molecule has 1 aliphatic heterocycles. The van der Waals surface area contributed by atoms with E-state index in [-0.39, 0.29) is 0 Å². The molecule has 0 unspecified atom stereocenters. The van der Waals surface area contributed by atoms with E-state index in [4.69, 9.17) is 0 Å². The molecule has 2 heterocycles. The zero-order valence-corrected chi connectivity index (χ0v) is 11.9. The lowest BCUT2D eigenvalue weighted by atomic mass is 10.1. The van der Waals surface area contributed by atoms with Gasteiger partial charge in [0.1, 0.15) is 0 Å². The van der Waals surface area contributed by atoms with Gasteiger partial charge >= 0.3 is 0 Å². The monoisotopic (exact) mass is 267 g/mol. The highest BCUT2D eigenvalue weighted by atomic mass is 15.2. The molecule has 0 aliphatic carbocycles. The molecule has 0 saturated carbocycles. The first kappa shape index (κ1) is 13.1. The molecule has 0 radical (unpaired) electrons. The number of anilines is 1. The van der Waals surface area contributed by atoms with Gasteiger partial charge in [0.2, 0.25) is 0 Å². The number of likely N-dealkylation sites (N-methyl/N-ethyl adjacent to an activating group) is 1. The Morgan fingerprint density at radius 3 is 2.85 bits per heavy atom. The summed E-state index contributed by atoms with van der Waals surface area (Å²) >= 11 is 0. The number of hydrogen-bond donors (Lipinski definition) is 1. The summed E-state index contributed by atoms with van der Waals surface area (Å²) in [5.74, 6) is 0. The molecule has 0 spiro atoms. The maximum absolute atomic E-state index is 4.50. The van der Waals surface area contributed by atoms with E-state index in [2.05, 4.69) is 57.7 Å². The number of hydrogen-bond acceptors (Lipinski definition) is 3. The van der Waals surface area contributed by atoms with Crippen LogP contribution in [-0.4, -0.2) is 31.2 Å². The van der Waals surface area contributed by atoms with Crippen molar-refractivity contribution in [3.63, 3.8) is 0 Å². The van der Waals surface area contributed by atoms with E-state index in [9.17, 15) is 0 Å². The SMILES string of the molecule is CN[C@H]1CCN(c2ccnc(Cc3ccccc3)c2)C1. The highest BCUT2D eigenvalue weighted by Crippen LogP contribution is 2.21. The molecule has 0 amide bonds. The van der Waals surface area contributed by atoms with Crippen molar-refractivity contribution in [2.75, 3.05) is 25.0 Å². The number of pyridine rings is 1. The van der Waals surface area contributed by atoms with E-state index in [0.717, 1.165) is 25.2 Å². The topological polar surface area (TPSA) is 28.2 Å². The maximum Gasteiger partial charge on any atom is 0.0468 e. The van der Waals surface area contributed by atoms with Gasteiger partial charge in [-0.2, -0.15) is 0 Å². The van der Waals surface area contributed by atoms with Crippen LogP contribution in [0.1, 0.15) is 17.7 Å². The molecule has 3 rings (SSSR count). The molecule has 1 aliphatic rings. The molecule has 3 nitrogen and oxygen atoms in total. The van der Waals surface area contributed by atoms with E-state index in [1.165, 1.54) is 17.7 Å². The lowest BCUT2D eigenvalue weighted by molar-refractivity contribution is 0.617. The van der Waals surface area contributed by atoms with Crippen molar-refractivity contribution in [2.45, 2.75) is 18.9 Å². The second-order valence-corrected chi connectivity index (χ2v) is 5.39. The summed E-state index contributed by atoms with van der Waals surface area (Å²) in [5.41, 5.74) is 3.75. The maximum atomic E-state index is 4.50. The number of benzene rings is 1. The zero-order valence-electron chi connectivity index (χ0n) is 11.9. The predicted molar refractivity (Wildman–Crippen MR) is 83.2 cm³/mol. The number of rotatable bonds is 4. The van der Waals surface area contributed by atoms with Gasteiger partial charge in [-0.3, -0.25) is 4.98 Å². The molecule has 20 heavy (non-hydrogen) atoms. The minimum absolute atomic E-state index is 0.612. The fourth-order valence-electron chi connectivity index (χ4n) is 2.79.